The van der Waals surface area contributed by atoms with Crippen LogP contribution in [0, 0.1) is 0 Å². The van der Waals surface area contributed by atoms with Crippen molar-refractivity contribution in [2.24, 2.45) is 0 Å². The first kappa shape index (κ1) is 9.87. The van der Waals surface area contributed by atoms with Gasteiger partial charge in [-0.05, 0) is 17.9 Å². The quantitative estimate of drug-likeness (QED) is 0.770. The van der Waals surface area contributed by atoms with E-state index < -0.39 is 0 Å². The number of hydrogen-bond acceptors (Lipinski definition) is 3. The van der Waals surface area contributed by atoms with Gasteiger partial charge in [0.05, 0.1) is 19.3 Å². The predicted octanol–water partition coefficient (Wildman–Crippen LogP) is 2.61. The van der Waals surface area contributed by atoms with E-state index in [4.69, 9.17) is 4.74 Å². The standard InChI is InChI=1S/C11H15NOS/c1-2-14-11-6-4-3-5-10(11)12-9-7-13-8-9/h3-6,9,12H,2,7-8H2,1H3. The third-order valence-corrected chi connectivity index (χ3v) is 3.14. The summed E-state index contributed by atoms with van der Waals surface area (Å²) in [6, 6.07) is 8.96. The Kier molecular flexibility index (Phi) is 3.32. The molecule has 3 heteroatoms. The molecule has 1 aliphatic rings. The molecule has 0 aliphatic carbocycles. The summed E-state index contributed by atoms with van der Waals surface area (Å²) in [5.74, 6) is 1.11. The first-order chi connectivity index (χ1) is 6.90. The number of benzene rings is 1. The molecule has 2 rings (SSSR count). The molecule has 1 aliphatic heterocycles. The normalized spacial score (nSPS) is 16.4. The van der Waals surface area contributed by atoms with Crippen LogP contribution in [0.25, 0.3) is 0 Å². The molecule has 0 radical (unpaired) electrons. The molecular formula is C11H15NOS. The minimum Gasteiger partial charge on any atom is -0.377 e. The maximum Gasteiger partial charge on any atom is 0.0729 e. The molecule has 1 aromatic rings. The molecule has 76 valence electrons. The minimum absolute atomic E-state index is 0.508. The zero-order valence-corrected chi connectivity index (χ0v) is 9.14. The van der Waals surface area contributed by atoms with Crippen LogP contribution in [0.2, 0.25) is 0 Å². The fourth-order valence-corrected chi connectivity index (χ4v) is 2.17. The molecule has 0 aromatic heterocycles. The summed E-state index contributed by atoms with van der Waals surface area (Å²) in [5.41, 5.74) is 1.24. The Balaban J connectivity index is 2.05. The molecule has 1 saturated heterocycles. The molecule has 1 heterocycles. The fourth-order valence-electron chi connectivity index (χ4n) is 1.41. The Morgan fingerprint density at radius 1 is 1.43 bits per heavy atom. The number of hydrogen-bond donors (Lipinski definition) is 1. The molecule has 14 heavy (non-hydrogen) atoms. The Bertz CT molecular complexity index is 299. The first-order valence-electron chi connectivity index (χ1n) is 4.96. The van der Waals surface area contributed by atoms with Crippen molar-refractivity contribution in [3.63, 3.8) is 0 Å². The van der Waals surface area contributed by atoms with Crippen molar-refractivity contribution in [3.05, 3.63) is 24.3 Å². The second-order valence-electron chi connectivity index (χ2n) is 3.31. The third-order valence-electron chi connectivity index (χ3n) is 2.18. The van der Waals surface area contributed by atoms with E-state index in [0.29, 0.717) is 6.04 Å². The largest absolute Gasteiger partial charge is 0.377 e. The zero-order valence-electron chi connectivity index (χ0n) is 8.32. The number of rotatable bonds is 4. The van der Waals surface area contributed by atoms with Crippen molar-refractivity contribution in [1.82, 2.24) is 0 Å². The monoisotopic (exact) mass is 209 g/mol. The summed E-state index contributed by atoms with van der Waals surface area (Å²) in [5, 5.41) is 3.49. The highest BCUT2D eigenvalue weighted by Gasteiger charge is 2.18. The van der Waals surface area contributed by atoms with Gasteiger partial charge in [-0.15, -0.1) is 11.8 Å². The SMILES string of the molecule is CCSc1ccccc1NC1COC1. The Labute approximate surface area is 89.0 Å². The first-order valence-corrected chi connectivity index (χ1v) is 5.95. The summed E-state index contributed by atoms with van der Waals surface area (Å²) >= 11 is 1.88. The highest BCUT2D eigenvalue weighted by molar-refractivity contribution is 7.99. The number of ether oxygens (including phenoxy) is 1. The van der Waals surface area contributed by atoms with Gasteiger partial charge in [-0.3, -0.25) is 0 Å². The molecule has 0 saturated carbocycles. The highest BCUT2D eigenvalue weighted by Crippen LogP contribution is 2.27. The van der Waals surface area contributed by atoms with Crippen LogP contribution in [0.5, 0.6) is 0 Å². The van der Waals surface area contributed by atoms with E-state index in [0.717, 1.165) is 19.0 Å². The molecule has 0 unspecified atom stereocenters. The van der Waals surface area contributed by atoms with E-state index >= 15 is 0 Å². The van der Waals surface area contributed by atoms with Crippen LogP contribution in [0.1, 0.15) is 6.92 Å². The van der Waals surface area contributed by atoms with Crippen molar-refractivity contribution < 1.29 is 4.74 Å². The van der Waals surface area contributed by atoms with E-state index in [1.165, 1.54) is 10.6 Å². The van der Waals surface area contributed by atoms with E-state index in [2.05, 4.69) is 36.5 Å². The summed E-state index contributed by atoms with van der Waals surface area (Å²) < 4.78 is 5.14. The Morgan fingerprint density at radius 2 is 2.21 bits per heavy atom. The van der Waals surface area contributed by atoms with Crippen molar-refractivity contribution in [3.8, 4) is 0 Å². The molecule has 0 spiro atoms. The highest BCUT2D eigenvalue weighted by atomic mass is 32.2. The topological polar surface area (TPSA) is 21.3 Å². The lowest BCUT2D eigenvalue weighted by atomic mass is 10.2. The van der Waals surface area contributed by atoms with E-state index in [1.54, 1.807) is 0 Å². The molecule has 1 fully saturated rings. The van der Waals surface area contributed by atoms with Gasteiger partial charge in [0, 0.05) is 10.6 Å². The summed E-state index contributed by atoms with van der Waals surface area (Å²) in [4.78, 5) is 1.34. The van der Waals surface area contributed by atoms with Gasteiger partial charge in [0.25, 0.3) is 0 Å². The number of anilines is 1. The fraction of sp³-hybridized carbons (Fsp3) is 0.455. The number of nitrogens with one attached hydrogen (secondary N) is 1. The van der Waals surface area contributed by atoms with Gasteiger partial charge in [-0.2, -0.15) is 0 Å². The summed E-state index contributed by atoms with van der Waals surface area (Å²) in [6.07, 6.45) is 0. The summed E-state index contributed by atoms with van der Waals surface area (Å²) in [6.45, 7) is 3.85. The van der Waals surface area contributed by atoms with E-state index in [1.807, 2.05) is 11.8 Å². The van der Waals surface area contributed by atoms with E-state index in [9.17, 15) is 0 Å². The maximum absolute atomic E-state index is 5.14. The summed E-state index contributed by atoms with van der Waals surface area (Å²) in [7, 11) is 0. The molecule has 0 atom stereocenters. The van der Waals surface area contributed by atoms with Crippen molar-refractivity contribution in [2.75, 3.05) is 24.3 Å². The average Bonchev–Trinajstić information content (AvgIpc) is 2.14. The van der Waals surface area contributed by atoms with Gasteiger partial charge in [-0.25, -0.2) is 0 Å². The van der Waals surface area contributed by atoms with Gasteiger partial charge < -0.3 is 10.1 Å². The van der Waals surface area contributed by atoms with Crippen LogP contribution in [0.4, 0.5) is 5.69 Å². The van der Waals surface area contributed by atoms with Crippen LogP contribution < -0.4 is 5.32 Å². The number of para-hydroxylation sites is 1. The van der Waals surface area contributed by atoms with Crippen LogP contribution >= 0.6 is 11.8 Å². The third kappa shape index (κ3) is 2.22. The van der Waals surface area contributed by atoms with Gasteiger partial charge in [-0.1, -0.05) is 19.1 Å². The lowest BCUT2D eigenvalue weighted by Crippen LogP contribution is -2.40. The lowest BCUT2D eigenvalue weighted by molar-refractivity contribution is 0.0210. The van der Waals surface area contributed by atoms with Crippen LogP contribution in [-0.2, 0) is 4.74 Å². The van der Waals surface area contributed by atoms with Crippen molar-refractivity contribution >= 4 is 17.4 Å². The van der Waals surface area contributed by atoms with Crippen molar-refractivity contribution in [1.29, 1.82) is 0 Å². The number of thioether (sulfide) groups is 1. The molecule has 0 bridgehead atoms. The van der Waals surface area contributed by atoms with Crippen molar-refractivity contribution in [2.45, 2.75) is 17.9 Å². The maximum atomic E-state index is 5.14. The molecule has 2 nitrogen and oxygen atoms in total. The van der Waals surface area contributed by atoms with Crippen LogP contribution in [0.15, 0.2) is 29.2 Å². The zero-order chi connectivity index (χ0) is 9.80. The molecular weight excluding hydrogens is 194 g/mol. The Hall–Kier alpha value is -0.670. The van der Waals surface area contributed by atoms with Gasteiger partial charge >= 0.3 is 0 Å². The molecule has 1 aromatic carbocycles. The predicted molar refractivity (Wildman–Crippen MR) is 61.1 cm³/mol. The van der Waals surface area contributed by atoms with Gasteiger partial charge in [0.1, 0.15) is 0 Å². The molecule has 0 amide bonds. The van der Waals surface area contributed by atoms with Gasteiger partial charge in [0.2, 0.25) is 0 Å². The molecule has 1 N–H and O–H groups in total. The minimum atomic E-state index is 0.508. The van der Waals surface area contributed by atoms with Crippen LogP contribution in [0.3, 0.4) is 0 Å². The second kappa shape index (κ2) is 4.71. The second-order valence-corrected chi connectivity index (χ2v) is 4.61. The average molecular weight is 209 g/mol. The van der Waals surface area contributed by atoms with Gasteiger partial charge in [0.15, 0.2) is 0 Å². The smallest absolute Gasteiger partial charge is 0.0729 e. The van der Waals surface area contributed by atoms with E-state index in [-0.39, 0.29) is 0 Å². The Morgan fingerprint density at radius 3 is 2.86 bits per heavy atom. The lowest BCUT2D eigenvalue weighted by Gasteiger charge is -2.28. The van der Waals surface area contributed by atoms with Crippen LogP contribution in [-0.4, -0.2) is 25.0 Å².